The van der Waals surface area contributed by atoms with Crippen LogP contribution in [0, 0.1) is 5.92 Å². The Hall–Kier alpha value is -1.06. The Balaban J connectivity index is 1.82. The average molecular weight is 249 g/mol. The Morgan fingerprint density at radius 2 is 2.17 bits per heavy atom. The van der Waals surface area contributed by atoms with Crippen molar-refractivity contribution in [3.63, 3.8) is 0 Å². The van der Waals surface area contributed by atoms with Gasteiger partial charge in [0.05, 0.1) is 7.11 Å². The summed E-state index contributed by atoms with van der Waals surface area (Å²) in [5.74, 6) is 1.66. The van der Waals surface area contributed by atoms with Crippen LogP contribution in [0.5, 0.6) is 5.75 Å². The van der Waals surface area contributed by atoms with Crippen LogP contribution in [-0.2, 0) is 11.3 Å². The minimum Gasteiger partial charge on any atom is -0.497 e. The van der Waals surface area contributed by atoms with Crippen molar-refractivity contribution in [3.05, 3.63) is 29.8 Å². The van der Waals surface area contributed by atoms with Gasteiger partial charge in [-0.15, -0.1) is 0 Å². The van der Waals surface area contributed by atoms with Gasteiger partial charge < -0.3 is 14.8 Å². The SMILES string of the molecule is COc1cccc(CNC(C)C2CCOCC2)c1. The second-order valence-electron chi connectivity index (χ2n) is 4.97. The lowest BCUT2D eigenvalue weighted by Gasteiger charge is -2.28. The average Bonchev–Trinajstić information content (AvgIpc) is 2.46. The maximum atomic E-state index is 5.40. The van der Waals surface area contributed by atoms with Crippen molar-refractivity contribution in [2.24, 2.45) is 5.92 Å². The van der Waals surface area contributed by atoms with Gasteiger partial charge in [-0.2, -0.15) is 0 Å². The second kappa shape index (κ2) is 6.76. The van der Waals surface area contributed by atoms with Crippen molar-refractivity contribution in [1.82, 2.24) is 5.32 Å². The highest BCUT2D eigenvalue weighted by Crippen LogP contribution is 2.19. The van der Waals surface area contributed by atoms with Crippen molar-refractivity contribution in [1.29, 1.82) is 0 Å². The molecule has 0 radical (unpaired) electrons. The fourth-order valence-corrected chi connectivity index (χ4v) is 2.44. The summed E-state index contributed by atoms with van der Waals surface area (Å²) in [5.41, 5.74) is 1.27. The predicted octanol–water partition coefficient (Wildman–Crippen LogP) is 2.60. The molecule has 1 aliphatic heterocycles. The molecular formula is C15H23NO2. The Morgan fingerprint density at radius 1 is 1.39 bits per heavy atom. The molecule has 18 heavy (non-hydrogen) atoms. The van der Waals surface area contributed by atoms with Crippen LogP contribution in [0.4, 0.5) is 0 Å². The molecule has 0 aliphatic carbocycles. The number of nitrogens with one attached hydrogen (secondary N) is 1. The molecule has 1 aromatic carbocycles. The molecule has 0 bridgehead atoms. The van der Waals surface area contributed by atoms with Crippen LogP contribution >= 0.6 is 0 Å². The Kier molecular flexibility index (Phi) is 5.02. The fraction of sp³-hybridized carbons (Fsp3) is 0.600. The molecule has 0 saturated carbocycles. The van der Waals surface area contributed by atoms with Crippen LogP contribution in [0.2, 0.25) is 0 Å². The molecule has 1 aliphatic rings. The van der Waals surface area contributed by atoms with Gasteiger partial charge in [0, 0.05) is 25.8 Å². The molecule has 1 saturated heterocycles. The lowest BCUT2D eigenvalue weighted by molar-refractivity contribution is 0.0558. The zero-order valence-corrected chi connectivity index (χ0v) is 11.3. The fourth-order valence-electron chi connectivity index (χ4n) is 2.44. The molecule has 1 atom stereocenters. The van der Waals surface area contributed by atoms with Crippen LogP contribution < -0.4 is 10.1 Å². The highest BCUT2D eigenvalue weighted by molar-refractivity contribution is 5.28. The summed E-state index contributed by atoms with van der Waals surface area (Å²) in [7, 11) is 1.71. The molecule has 2 rings (SSSR count). The van der Waals surface area contributed by atoms with Crippen LogP contribution in [-0.4, -0.2) is 26.4 Å². The highest BCUT2D eigenvalue weighted by Gasteiger charge is 2.19. The minimum absolute atomic E-state index is 0.542. The molecule has 3 nitrogen and oxygen atoms in total. The van der Waals surface area contributed by atoms with Gasteiger partial charge in [-0.25, -0.2) is 0 Å². The van der Waals surface area contributed by atoms with E-state index in [2.05, 4.69) is 24.4 Å². The monoisotopic (exact) mass is 249 g/mol. The molecular weight excluding hydrogens is 226 g/mol. The van der Waals surface area contributed by atoms with Gasteiger partial charge in [0.1, 0.15) is 5.75 Å². The van der Waals surface area contributed by atoms with E-state index in [9.17, 15) is 0 Å². The lowest BCUT2D eigenvalue weighted by Crippen LogP contribution is -2.36. The number of hydrogen-bond acceptors (Lipinski definition) is 3. The van der Waals surface area contributed by atoms with E-state index in [0.29, 0.717) is 6.04 Å². The first kappa shape index (κ1) is 13.4. The van der Waals surface area contributed by atoms with Crippen LogP contribution in [0.3, 0.4) is 0 Å². The van der Waals surface area contributed by atoms with Crippen LogP contribution in [0.15, 0.2) is 24.3 Å². The standard InChI is InChI=1S/C15H23NO2/c1-12(14-6-8-18-9-7-14)16-11-13-4-3-5-15(10-13)17-2/h3-5,10,12,14,16H,6-9,11H2,1-2H3. The minimum atomic E-state index is 0.542. The van der Waals surface area contributed by atoms with E-state index < -0.39 is 0 Å². The third-order valence-corrected chi connectivity index (χ3v) is 3.74. The predicted molar refractivity (Wildman–Crippen MR) is 72.8 cm³/mol. The molecule has 0 aromatic heterocycles. The topological polar surface area (TPSA) is 30.5 Å². The molecule has 1 unspecified atom stereocenters. The van der Waals surface area contributed by atoms with Crippen molar-refractivity contribution >= 4 is 0 Å². The van der Waals surface area contributed by atoms with Crippen molar-refractivity contribution in [2.45, 2.75) is 32.4 Å². The van der Waals surface area contributed by atoms with E-state index in [1.165, 1.54) is 18.4 Å². The number of benzene rings is 1. The summed E-state index contributed by atoms with van der Waals surface area (Å²) in [6.07, 6.45) is 2.35. The Morgan fingerprint density at radius 3 is 2.89 bits per heavy atom. The molecule has 100 valence electrons. The maximum absolute atomic E-state index is 5.40. The largest absolute Gasteiger partial charge is 0.497 e. The van der Waals surface area contributed by atoms with E-state index >= 15 is 0 Å². The van der Waals surface area contributed by atoms with Gasteiger partial charge in [0.15, 0.2) is 0 Å². The third-order valence-electron chi connectivity index (χ3n) is 3.74. The van der Waals surface area contributed by atoms with Gasteiger partial charge in [-0.05, 0) is 43.4 Å². The molecule has 1 N–H and O–H groups in total. The van der Waals surface area contributed by atoms with Gasteiger partial charge in [-0.3, -0.25) is 0 Å². The first-order valence-electron chi connectivity index (χ1n) is 6.73. The third kappa shape index (κ3) is 3.72. The van der Waals surface area contributed by atoms with Crippen molar-refractivity contribution in [3.8, 4) is 5.75 Å². The summed E-state index contributed by atoms with van der Waals surface area (Å²) < 4.78 is 10.6. The summed E-state index contributed by atoms with van der Waals surface area (Å²) in [4.78, 5) is 0. The first-order chi connectivity index (χ1) is 8.79. The lowest BCUT2D eigenvalue weighted by atomic mass is 9.93. The molecule has 0 amide bonds. The molecule has 3 heteroatoms. The maximum Gasteiger partial charge on any atom is 0.119 e. The number of rotatable bonds is 5. The number of hydrogen-bond donors (Lipinski definition) is 1. The summed E-state index contributed by atoms with van der Waals surface area (Å²) in [5, 5.41) is 3.61. The van der Waals surface area contributed by atoms with Crippen LogP contribution in [0.1, 0.15) is 25.3 Å². The molecule has 0 spiro atoms. The summed E-state index contributed by atoms with van der Waals surface area (Å²) in [6, 6.07) is 8.77. The second-order valence-corrected chi connectivity index (χ2v) is 4.97. The zero-order chi connectivity index (χ0) is 12.8. The highest BCUT2D eigenvalue weighted by atomic mass is 16.5. The van der Waals surface area contributed by atoms with E-state index in [4.69, 9.17) is 9.47 Å². The molecule has 1 aromatic rings. The Labute approximate surface area is 109 Å². The van der Waals surface area contributed by atoms with Crippen molar-refractivity contribution in [2.75, 3.05) is 20.3 Å². The van der Waals surface area contributed by atoms with Crippen molar-refractivity contribution < 1.29 is 9.47 Å². The van der Waals surface area contributed by atoms with Crippen LogP contribution in [0.25, 0.3) is 0 Å². The Bertz CT molecular complexity index is 361. The van der Waals surface area contributed by atoms with E-state index in [1.807, 2.05) is 12.1 Å². The van der Waals surface area contributed by atoms with Gasteiger partial charge in [0.25, 0.3) is 0 Å². The van der Waals surface area contributed by atoms with E-state index in [-0.39, 0.29) is 0 Å². The quantitative estimate of drug-likeness (QED) is 0.870. The smallest absolute Gasteiger partial charge is 0.119 e. The summed E-state index contributed by atoms with van der Waals surface area (Å²) >= 11 is 0. The normalized spacial score (nSPS) is 18.6. The van der Waals surface area contributed by atoms with Gasteiger partial charge in [-0.1, -0.05) is 12.1 Å². The zero-order valence-electron chi connectivity index (χ0n) is 11.3. The number of ether oxygens (including phenoxy) is 2. The van der Waals surface area contributed by atoms with E-state index in [1.54, 1.807) is 7.11 Å². The van der Waals surface area contributed by atoms with Gasteiger partial charge >= 0.3 is 0 Å². The number of methoxy groups -OCH3 is 1. The van der Waals surface area contributed by atoms with Gasteiger partial charge in [0.2, 0.25) is 0 Å². The molecule has 1 fully saturated rings. The summed E-state index contributed by atoms with van der Waals surface area (Å²) in [6.45, 7) is 5.00. The molecule has 1 heterocycles. The van der Waals surface area contributed by atoms with E-state index in [0.717, 1.165) is 31.4 Å². The first-order valence-corrected chi connectivity index (χ1v) is 6.73.